The summed E-state index contributed by atoms with van der Waals surface area (Å²) in [5, 5.41) is 9.73. The van der Waals surface area contributed by atoms with E-state index in [4.69, 9.17) is 5.41 Å². The number of aryl methyl sites for hydroxylation is 1. The van der Waals surface area contributed by atoms with Crippen LogP contribution in [0, 0.1) is 12.3 Å². The van der Waals surface area contributed by atoms with Crippen molar-refractivity contribution in [3.05, 3.63) is 69.9 Å². The van der Waals surface area contributed by atoms with E-state index in [9.17, 15) is 0 Å². The molecule has 0 aliphatic heterocycles. The molecular weight excluding hydrogens is 314 g/mol. The SMILES string of the molecule is Cc1cn(Cc2cccc(Br)n2)c2ccccc2c1=N. The molecule has 0 unspecified atom stereocenters. The molecule has 3 aromatic rings. The van der Waals surface area contributed by atoms with Gasteiger partial charge in [-0.25, -0.2) is 4.98 Å². The van der Waals surface area contributed by atoms with Gasteiger partial charge in [-0.1, -0.05) is 24.3 Å². The van der Waals surface area contributed by atoms with E-state index >= 15 is 0 Å². The summed E-state index contributed by atoms with van der Waals surface area (Å²) in [6.07, 6.45) is 2.02. The highest BCUT2D eigenvalue weighted by Crippen LogP contribution is 2.14. The summed E-state index contributed by atoms with van der Waals surface area (Å²) in [4.78, 5) is 4.48. The van der Waals surface area contributed by atoms with Crippen LogP contribution < -0.4 is 5.36 Å². The average Bonchev–Trinajstić information content (AvgIpc) is 2.45. The fraction of sp³-hybridized carbons (Fsp3) is 0.125. The fourth-order valence-corrected chi connectivity index (χ4v) is 2.74. The van der Waals surface area contributed by atoms with Gasteiger partial charge < -0.3 is 4.57 Å². The number of para-hydroxylation sites is 1. The predicted molar refractivity (Wildman–Crippen MR) is 83.6 cm³/mol. The number of nitrogens with zero attached hydrogens (tertiary/aromatic N) is 2. The first-order valence-electron chi connectivity index (χ1n) is 6.40. The number of benzene rings is 1. The zero-order valence-electron chi connectivity index (χ0n) is 11.1. The van der Waals surface area contributed by atoms with Crippen LogP contribution in [0.3, 0.4) is 0 Å². The van der Waals surface area contributed by atoms with E-state index in [0.717, 1.165) is 26.8 Å². The van der Waals surface area contributed by atoms with Gasteiger partial charge in [-0.05, 0) is 46.6 Å². The van der Waals surface area contributed by atoms with Gasteiger partial charge in [0.15, 0.2) is 0 Å². The van der Waals surface area contributed by atoms with Crippen LogP contribution >= 0.6 is 15.9 Å². The van der Waals surface area contributed by atoms with Gasteiger partial charge in [0.1, 0.15) is 4.60 Å². The van der Waals surface area contributed by atoms with Crippen molar-refractivity contribution in [3.63, 3.8) is 0 Å². The molecule has 3 rings (SSSR count). The lowest BCUT2D eigenvalue weighted by Crippen LogP contribution is -2.13. The van der Waals surface area contributed by atoms with E-state index in [1.165, 1.54) is 0 Å². The van der Waals surface area contributed by atoms with Gasteiger partial charge in [-0.2, -0.15) is 0 Å². The number of nitrogens with one attached hydrogen (secondary N) is 1. The van der Waals surface area contributed by atoms with Crippen molar-refractivity contribution in [2.24, 2.45) is 0 Å². The summed E-state index contributed by atoms with van der Waals surface area (Å²) in [6.45, 7) is 2.67. The Morgan fingerprint density at radius 2 is 1.95 bits per heavy atom. The van der Waals surface area contributed by atoms with E-state index in [-0.39, 0.29) is 0 Å². The topological polar surface area (TPSA) is 41.7 Å². The van der Waals surface area contributed by atoms with Crippen molar-refractivity contribution in [2.45, 2.75) is 13.5 Å². The Labute approximate surface area is 125 Å². The lowest BCUT2D eigenvalue weighted by atomic mass is 10.1. The minimum Gasteiger partial charge on any atom is -0.341 e. The van der Waals surface area contributed by atoms with Gasteiger partial charge in [0, 0.05) is 11.6 Å². The smallest absolute Gasteiger partial charge is 0.106 e. The molecule has 0 atom stereocenters. The zero-order valence-corrected chi connectivity index (χ0v) is 12.7. The van der Waals surface area contributed by atoms with Crippen LogP contribution in [0.5, 0.6) is 0 Å². The Morgan fingerprint density at radius 3 is 2.75 bits per heavy atom. The molecule has 0 amide bonds. The maximum absolute atomic E-state index is 8.16. The van der Waals surface area contributed by atoms with E-state index in [1.807, 2.05) is 55.6 Å². The number of hydrogen-bond acceptors (Lipinski definition) is 2. The maximum atomic E-state index is 8.16. The average molecular weight is 328 g/mol. The highest BCUT2D eigenvalue weighted by molar-refractivity contribution is 9.10. The molecule has 0 aliphatic carbocycles. The second kappa shape index (κ2) is 5.21. The van der Waals surface area contributed by atoms with Crippen LogP contribution in [-0.4, -0.2) is 9.55 Å². The van der Waals surface area contributed by atoms with E-state index in [0.29, 0.717) is 11.9 Å². The number of fused-ring (bicyclic) bond motifs is 1. The van der Waals surface area contributed by atoms with Gasteiger partial charge in [-0.3, -0.25) is 5.41 Å². The molecule has 4 heteroatoms. The van der Waals surface area contributed by atoms with Crippen LogP contribution in [-0.2, 0) is 6.54 Å². The summed E-state index contributed by atoms with van der Waals surface area (Å²) >= 11 is 3.40. The zero-order chi connectivity index (χ0) is 14.1. The Hall–Kier alpha value is -1.94. The molecule has 0 aliphatic rings. The Kier molecular flexibility index (Phi) is 3.40. The molecule has 3 nitrogen and oxygen atoms in total. The third kappa shape index (κ3) is 2.39. The number of rotatable bonds is 2. The summed E-state index contributed by atoms with van der Waals surface area (Å²) in [6, 6.07) is 13.9. The monoisotopic (exact) mass is 327 g/mol. The number of pyridine rings is 2. The fourth-order valence-electron chi connectivity index (χ4n) is 2.36. The normalized spacial score (nSPS) is 10.9. The van der Waals surface area contributed by atoms with Crippen LogP contribution in [0.4, 0.5) is 0 Å². The largest absolute Gasteiger partial charge is 0.341 e. The van der Waals surface area contributed by atoms with Crippen LogP contribution in [0.25, 0.3) is 10.9 Å². The van der Waals surface area contributed by atoms with Crippen molar-refractivity contribution in [1.82, 2.24) is 9.55 Å². The molecule has 0 spiro atoms. The molecular formula is C16H14BrN3. The van der Waals surface area contributed by atoms with Crippen LogP contribution in [0.2, 0.25) is 0 Å². The van der Waals surface area contributed by atoms with E-state index in [1.54, 1.807) is 0 Å². The molecule has 2 heterocycles. The van der Waals surface area contributed by atoms with Gasteiger partial charge in [0.25, 0.3) is 0 Å². The third-order valence-electron chi connectivity index (χ3n) is 3.33. The molecule has 2 aromatic heterocycles. The maximum Gasteiger partial charge on any atom is 0.106 e. The first-order valence-corrected chi connectivity index (χ1v) is 7.19. The Balaban J connectivity index is 2.17. The molecule has 0 bridgehead atoms. The van der Waals surface area contributed by atoms with E-state index < -0.39 is 0 Å². The molecule has 0 saturated heterocycles. The third-order valence-corrected chi connectivity index (χ3v) is 3.77. The Morgan fingerprint density at radius 1 is 1.15 bits per heavy atom. The molecule has 1 N–H and O–H groups in total. The predicted octanol–water partition coefficient (Wildman–Crippen LogP) is 3.63. The van der Waals surface area contributed by atoms with Gasteiger partial charge in [-0.15, -0.1) is 0 Å². The van der Waals surface area contributed by atoms with Crippen molar-refractivity contribution in [2.75, 3.05) is 0 Å². The van der Waals surface area contributed by atoms with Crippen LogP contribution in [0.15, 0.2) is 53.3 Å². The minimum atomic E-state index is 0.596. The lowest BCUT2D eigenvalue weighted by molar-refractivity contribution is 0.789. The summed E-state index contributed by atoms with van der Waals surface area (Å²) in [5.41, 5.74) is 3.02. The van der Waals surface area contributed by atoms with Crippen molar-refractivity contribution >= 4 is 26.8 Å². The summed E-state index contributed by atoms with van der Waals surface area (Å²) in [7, 11) is 0. The van der Waals surface area contributed by atoms with Crippen molar-refractivity contribution in [1.29, 1.82) is 5.41 Å². The summed E-state index contributed by atoms with van der Waals surface area (Å²) < 4.78 is 2.99. The highest BCUT2D eigenvalue weighted by Gasteiger charge is 2.05. The Bertz CT molecular complexity index is 836. The van der Waals surface area contributed by atoms with Gasteiger partial charge in [0.2, 0.25) is 0 Å². The van der Waals surface area contributed by atoms with Crippen molar-refractivity contribution in [3.8, 4) is 0 Å². The number of hydrogen-bond donors (Lipinski definition) is 1. The first kappa shape index (κ1) is 13.1. The van der Waals surface area contributed by atoms with Crippen LogP contribution in [0.1, 0.15) is 11.3 Å². The lowest BCUT2D eigenvalue weighted by Gasteiger charge is -2.13. The van der Waals surface area contributed by atoms with Gasteiger partial charge >= 0.3 is 0 Å². The van der Waals surface area contributed by atoms with E-state index in [2.05, 4.69) is 25.5 Å². The molecule has 0 fully saturated rings. The first-order chi connectivity index (χ1) is 9.65. The van der Waals surface area contributed by atoms with Gasteiger partial charge in [0.05, 0.1) is 23.1 Å². The highest BCUT2D eigenvalue weighted by atomic mass is 79.9. The molecule has 20 heavy (non-hydrogen) atoms. The number of halogens is 1. The minimum absolute atomic E-state index is 0.596. The molecule has 0 saturated carbocycles. The standard InChI is InChI=1S/C16H14BrN3/c1-11-9-20(10-12-5-4-8-15(17)19-12)14-7-3-2-6-13(14)16(11)18/h2-9,18H,10H2,1H3. The number of aromatic nitrogens is 2. The van der Waals surface area contributed by atoms with Crippen molar-refractivity contribution < 1.29 is 0 Å². The molecule has 100 valence electrons. The molecule has 1 aromatic carbocycles. The second-order valence-corrected chi connectivity index (χ2v) is 5.60. The summed E-state index contributed by atoms with van der Waals surface area (Å²) in [5.74, 6) is 0. The molecule has 0 radical (unpaired) electrons. The second-order valence-electron chi connectivity index (χ2n) is 4.78. The quantitative estimate of drug-likeness (QED) is 0.717.